The van der Waals surface area contributed by atoms with E-state index in [-0.39, 0.29) is 5.56 Å². The number of anilines is 1. The maximum absolute atomic E-state index is 12.5. The summed E-state index contributed by atoms with van der Waals surface area (Å²) in [5, 5.41) is 12.9. The molecule has 0 aromatic carbocycles. The SMILES string of the molecule is CCCCCn1cccc(-c2nnc(NCCC)s2)c1=O. The number of hydrogen-bond donors (Lipinski definition) is 1. The fourth-order valence-electron chi connectivity index (χ4n) is 2.04. The maximum atomic E-state index is 12.5. The standard InChI is InChI=1S/C15H22N4OS/c1-3-5-6-10-19-11-7-8-12(14(19)20)13-17-18-15(21-13)16-9-4-2/h7-8,11H,3-6,9-10H2,1-2H3,(H,16,18). The molecule has 0 aliphatic carbocycles. The molecular formula is C15H22N4OS. The number of nitrogens with zero attached hydrogens (tertiary/aromatic N) is 3. The zero-order valence-electron chi connectivity index (χ0n) is 12.6. The van der Waals surface area contributed by atoms with Crippen LogP contribution in [0.3, 0.4) is 0 Å². The lowest BCUT2D eigenvalue weighted by Crippen LogP contribution is -2.20. The molecule has 0 spiro atoms. The minimum absolute atomic E-state index is 0.0202. The van der Waals surface area contributed by atoms with Crippen LogP contribution in [-0.4, -0.2) is 21.3 Å². The second-order valence-electron chi connectivity index (χ2n) is 4.97. The Balaban J connectivity index is 2.17. The molecule has 0 amide bonds. The number of unbranched alkanes of at least 4 members (excludes halogenated alkanes) is 2. The number of aromatic nitrogens is 3. The van der Waals surface area contributed by atoms with Crippen molar-refractivity contribution in [2.45, 2.75) is 46.1 Å². The molecule has 21 heavy (non-hydrogen) atoms. The molecule has 0 atom stereocenters. The van der Waals surface area contributed by atoms with Crippen LogP contribution in [0.1, 0.15) is 39.5 Å². The summed E-state index contributed by atoms with van der Waals surface area (Å²) < 4.78 is 1.77. The van der Waals surface area contributed by atoms with Gasteiger partial charge in [-0.1, -0.05) is 38.0 Å². The van der Waals surface area contributed by atoms with Crippen LogP contribution < -0.4 is 10.9 Å². The summed E-state index contributed by atoms with van der Waals surface area (Å²) in [6, 6.07) is 3.73. The fraction of sp³-hybridized carbons (Fsp3) is 0.533. The van der Waals surface area contributed by atoms with Crippen molar-refractivity contribution in [3.8, 4) is 10.6 Å². The van der Waals surface area contributed by atoms with Crippen LogP contribution in [0.25, 0.3) is 10.6 Å². The monoisotopic (exact) mass is 306 g/mol. The van der Waals surface area contributed by atoms with Gasteiger partial charge in [0.05, 0.1) is 5.56 Å². The summed E-state index contributed by atoms with van der Waals surface area (Å²) in [7, 11) is 0. The van der Waals surface area contributed by atoms with Gasteiger partial charge in [-0.25, -0.2) is 0 Å². The Morgan fingerprint density at radius 2 is 2.10 bits per heavy atom. The van der Waals surface area contributed by atoms with Gasteiger partial charge in [-0.15, -0.1) is 10.2 Å². The summed E-state index contributed by atoms with van der Waals surface area (Å²) in [5.74, 6) is 0. The molecule has 6 heteroatoms. The zero-order chi connectivity index (χ0) is 15.1. The lowest BCUT2D eigenvalue weighted by Gasteiger charge is -2.05. The van der Waals surface area contributed by atoms with Gasteiger partial charge in [-0.3, -0.25) is 4.79 Å². The van der Waals surface area contributed by atoms with E-state index in [1.165, 1.54) is 11.3 Å². The molecule has 0 fully saturated rings. The van der Waals surface area contributed by atoms with E-state index in [1.54, 1.807) is 4.57 Å². The third kappa shape index (κ3) is 4.14. The van der Waals surface area contributed by atoms with Crippen molar-refractivity contribution in [1.29, 1.82) is 0 Å². The highest BCUT2D eigenvalue weighted by molar-refractivity contribution is 7.18. The van der Waals surface area contributed by atoms with E-state index in [0.29, 0.717) is 10.6 Å². The van der Waals surface area contributed by atoms with Crippen molar-refractivity contribution in [1.82, 2.24) is 14.8 Å². The van der Waals surface area contributed by atoms with E-state index in [4.69, 9.17) is 0 Å². The van der Waals surface area contributed by atoms with E-state index in [9.17, 15) is 4.79 Å². The van der Waals surface area contributed by atoms with Gasteiger partial charge in [0.1, 0.15) is 0 Å². The molecule has 0 saturated heterocycles. The Kier molecular flexibility index (Phi) is 5.92. The minimum atomic E-state index is 0.0202. The molecule has 2 aromatic rings. The van der Waals surface area contributed by atoms with Crippen LogP contribution in [0, 0.1) is 0 Å². The predicted molar refractivity (Wildman–Crippen MR) is 87.9 cm³/mol. The zero-order valence-corrected chi connectivity index (χ0v) is 13.4. The first-order valence-corrected chi connectivity index (χ1v) is 8.35. The van der Waals surface area contributed by atoms with Gasteiger partial charge in [-0.2, -0.15) is 0 Å². The Bertz CT molecular complexity index is 620. The number of pyridine rings is 1. The third-order valence-electron chi connectivity index (χ3n) is 3.20. The molecule has 0 radical (unpaired) electrons. The molecule has 2 aromatic heterocycles. The Morgan fingerprint density at radius 3 is 2.86 bits per heavy atom. The van der Waals surface area contributed by atoms with Crippen LogP contribution in [0.2, 0.25) is 0 Å². The Hall–Kier alpha value is -1.69. The van der Waals surface area contributed by atoms with Crippen molar-refractivity contribution in [2.24, 2.45) is 0 Å². The summed E-state index contributed by atoms with van der Waals surface area (Å²) in [6.45, 7) is 5.89. The average Bonchev–Trinajstić information content (AvgIpc) is 2.96. The van der Waals surface area contributed by atoms with E-state index in [2.05, 4.69) is 29.4 Å². The lowest BCUT2D eigenvalue weighted by molar-refractivity contribution is 0.588. The smallest absolute Gasteiger partial charge is 0.260 e. The van der Waals surface area contributed by atoms with Gasteiger partial charge < -0.3 is 9.88 Å². The molecule has 0 aliphatic rings. The molecule has 2 rings (SSSR count). The quantitative estimate of drug-likeness (QED) is 0.760. The highest BCUT2D eigenvalue weighted by Crippen LogP contribution is 2.23. The van der Waals surface area contributed by atoms with Crippen LogP contribution in [0.4, 0.5) is 5.13 Å². The van der Waals surface area contributed by atoms with Gasteiger partial charge in [0.2, 0.25) is 5.13 Å². The molecule has 5 nitrogen and oxygen atoms in total. The van der Waals surface area contributed by atoms with Crippen molar-refractivity contribution in [2.75, 3.05) is 11.9 Å². The van der Waals surface area contributed by atoms with Crippen molar-refractivity contribution in [3.05, 3.63) is 28.7 Å². The second-order valence-corrected chi connectivity index (χ2v) is 5.94. The fourth-order valence-corrected chi connectivity index (χ4v) is 2.83. The predicted octanol–water partition coefficient (Wildman–Crippen LogP) is 3.38. The first kappa shape index (κ1) is 15.7. The summed E-state index contributed by atoms with van der Waals surface area (Å²) in [5.41, 5.74) is 0.655. The summed E-state index contributed by atoms with van der Waals surface area (Å²) >= 11 is 1.43. The lowest BCUT2D eigenvalue weighted by atomic mass is 10.2. The Morgan fingerprint density at radius 1 is 1.24 bits per heavy atom. The van der Waals surface area contributed by atoms with Crippen LogP contribution >= 0.6 is 11.3 Å². The summed E-state index contributed by atoms with van der Waals surface area (Å²) in [4.78, 5) is 12.5. The first-order chi connectivity index (χ1) is 10.3. The average molecular weight is 306 g/mol. The van der Waals surface area contributed by atoms with Crippen LogP contribution in [-0.2, 0) is 6.54 Å². The van der Waals surface area contributed by atoms with Gasteiger partial charge in [-0.05, 0) is 25.0 Å². The number of hydrogen-bond acceptors (Lipinski definition) is 5. The van der Waals surface area contributed by atoms with Gasteiger partial charge in [0, 0.05) is 19.3 Å². The highest BCUT2D eigenvalue weighted by atomic mass is 32.1. The first-order valence-electron chi connectivity index (χ1n) is 7.53. The van der Waals surface area contributed by atoms with Gasteiger partial charge >= 0.3 is 0 Å². The number of rotatable bonds is 8. The molecular weight excluding hydrogens is 284 g/mol. The van der Waals surface area contributed by atoms with Crippen molar-refractivity contribution < 1.29 is 0 Å². The topological polar surface area (TPSA) is 59.8 Å². The third-order valence-corrected chi connectivity index (χ3v) is 4.12. The normalized spacial score (nSPS) is 10.8. The van der Waals surface area contributed by atoms with Crippen LogP contribution in [0.5, 0.6) is 0 Å². The highest BCUT2D eigenvalue weighted by Gasteiger charge is 2.11. The molecule has 1 N–H and O–H groups in total. The number of aryl methyl sites for hydroxylation is 1. The molecule has 0 unspecified atom stereocenters. The van der Waals surface area contributed by atoms with Gasteiger partial charge in [0.25, 0.3) is 5.56 Å². The molecule has 0 aliphatic heterocycles. The number of nitrogens with one attached hydrogen (secondary N) is 1. The van der Waals surface area contributed by atoms with Crippen LogP contribution in [0.15, 0.2) is 23.1 Å². The largest absolute Gasteiger partial charge is 0.360 e. The molecule has 0 saturated carbocycles. The molecule has 0 bridgehead atoms. The van der Waals surface area contributed by atoms with E-state index < -0.39 is 0 Å². The maximum Gasteiger partial charge on any atom is 0.260 e. The van der Waals surface area contributed by atoms with Crippen molar-refractivity contribution >= 4 is 16.5 Å². The van der Waals surface area contributed by atoms with Gasteiger partial charge in [0.15, 0.2) is 5.01 Å². The van der Waals surface area contributed by atoms with E-state index in [0.717, 1.165) is 43.9 Å². The van der Waals surface area contributed by atoms with E-state index in [1.807, 2.05) is 18.3 Å². The Labute approximate surface area is 129 Å². The second kappa shape index (κ2) is 7.93. The van der Waals surface area contributed by atoms with Crippen molar-refractivity contribution in [3.63, 3.8) is 0 Å². The summed E-state index contributed by atoms with van der Waals surface area (Å²) in [6.07, 6.45) is 6.19. The molecule has 2 heterocycles. The minimum Gasteiger partial charge on any atom is -0.360 e. The molecule has 114 valence electrons. The van der Waals surface area contributed by atoms with E-state index >= 15 is 0 Å².